The third-order valence-electron chi connectivity index (χ3n) is 1.91. The maximum atomic E-state index is 11.2. The predicted octanol–water partition coefficient (Wildman–Crippen LogP) is 1.32. The predicted molar refractivity (Wildman–Crippen MR) is 47.9 cm³/mol. The first kappa shape index (κ1) is 7.91. The van der Waals surface area contributed by atoms with Gasteiger partial charge in [-0.25, -0.2) is 0 Å². The zero-order valence-electron chi connectivity index (χ0n) is 7.13. The molecule has 1 aromatic rings. The molecule has 2 rings (SSSR count). The van der Waals surface area contributed by atoms with Gasteiger partial charge < -0.3 is 15.8 Å². The molecule has 0 saturated heterocycles. The standard InChI is InChI=1S/C9H9N2O2/c1-5-9(12)11-7-4-6(10)2-3-8(7)13-5/h2-5,10H,1H3,(H,11,12). The van der Waals surface area contributed by atoms with Crippen LogP contribution in [0.15, 0.2) is 18.2 Å². The van der Waals surface area contributed by atoms with Crippen molar-refractivity contribution in [2.24, 2.45) is 0 Å². The van der Waals surface area contributed by atoms with Crippen LogP contribution < -0.4 is 15.8 Å². The van der Waals surface area contributed by atoms with Crippen LogP contribution in [-0.2, 0) is 4.79 Å². The van der Waals surface area contributed by atoms with E-state index >= 15 is 0 Å². The van der Waals surface area contributed by atoms with E-state index in [0.29, 0.717) is 17.1 Å². The number of rotatable bonds is 0. The molecular weight excluding hydrogens is 168 g/mol. The number of hydrogen-bond acceptors (Lipinski definition) is 2. The van der Waals surface area contributed by atoms with Crippen molar-refractivity contribution in [1.29, 1.82) is 0 Å². The van der Waals surface area contributed by atoms with E-state index in [2.05, 4.69) is 5.32 Å². The Morgan fingerprint density at radius 1 is 1.54 bits per heavy atom. The summed E-state index contributed by atoms with van der Waals surface area (Å²) in [5, 5.41) is 2.67. The molecule has 1 aliphatic rings. The zero-order chi connectivity index (χ0) is 9.42. The number of amides is 1. The molecular formula is C9H9N2O2. The fourth-order valence-electron chi connectivity index (χ4n) is 1.21. The van der Waals surface area contributed by atoms with Crippen LogP contribution in [0.5, 0.6) is 5.75 Å². The summed E-state index contributed by atoms with van der Waals surface area (Å²) in [5.74, 6) is 0.459. The zero-order valence-corrected chi connectivity index (χ0v) is 7.13. The second-order valence-corrected chi connectivity index (χ2v) is 2.96. The lowest BCUT2D eigenvalue weighted by molar-refractivity contribution is -0.122. The van der Waals surface area contributed by atoms with E-state index in [1.807, 2.05) is 0 Å². The van der Waals surface area contributed by atoms with Crippen molar-refractivity contribution >= 4 is 17.3 Å². The maximum Gasteiger partial charge on any atom is 0.265 e. The van der Waals surface area contributed by atoms with Crippen molar-refractivity contribution in [3.8, 4) is 5.75 Å². The Morgan fingerprint density at radius 3 is 3.08 bits per heavy atom. The minimum Gasteiger partial charge on any atom is -0.479 e. The van der Waals surface area contributed by atoms with Crippen LogP contribution in [0.4, 0.5) is 11.4 Å². The minimum absolute atomic E-state index is 0.168. The second kappa shape index (κ2) is 2.65. The molecule has 4 nitrogen and oxygen atoms in total. The maximum absolute atomic E-state index is 11.2. The third kappa shape index (κ3) is 1.30. The van der Waals surface area contributed by atoms with Gasteiger partial charge in [-0.05, 0) is 25.1 Å². The lowest BCUT2D eigenvalue weighted by Gasteiger charge is -2.23. The van der Waals surface area contributed by atoms with Gasteiger partial charge in [0.1, 0.15) is 5.75 Å². The number of benzene rings is 1. The number of hydrogen-bond donors (Lipinski definition) is 1. The van der Waals surface area contributed by atoms with E-state index in [-0.39, 0.29) is 5.91 Å². The molecule has 0 bridgehead atoms. The molecule has 2 N–H and O–H groups in total. The summed E-state index contributed by atoms with van der Waals surface area (Å²) in [6.07, 6.45) is -0.455. The Hall–Kier alpha value is -1.71. The van der Waals surface area contributed by atoms with E-state index in [1.165, 1.54) is 0 Å². The molecule has 0 spiro atoms. The first-order valence-electron chi connectivity index (χ1n) is 4.00. The van der Waals surface area contributed by atoms with Crippen LogP contribution in [0, 0.1) is 0 Å². The van der Waals surface area contributed by atoms with Crippen LogP contribution >= 0.6 is 0 Å². The van der Waals surface area contributed by atoms with Crippen molar-refractivity contribution in [2.45, 2.75) is 13.0 Å². The first-order valence-corrected chi connectivity index (χ1v) is 4.00. The van der Waals surface area contributed by atoms with Crippen LogP contribution in [-0.4, -0.2) is 12.0 Å². The average Bonchev–Trinajstić information content (AvgIpc) is 2.08. The van der Waals surface area contributed by atoms with Gasteiger partial charge in [-0.15, -0.1) is 0 Å². The highest BCUT2D eigenvalue weighted by atomic mass is 16.5. The van der Waals surface area contributed by atoms with Crippen LogP contribution in [0.1, 0.15) is 6.92 Å². The third-order valence-corrected chi connectivity index (χ3v) is 1.91. The van der Waals surface area contributed by atoms with Crippen LogP contribution in [0.3, 0.4) is 0 Å². The molecule has 4 heteroatoms. The average molecular weight is 177 g/mol. The number of carbonyl (C=O) groups is 1. The van der Waals surface area contributed by atoms with Crippen molar-refractivity contribution in [1.82, 2.24) is 5.73 Å². The summed E-state index contributed by atoms with van der Waals surface area (Å²) in [6.45, 7) is 1.69. The minimum atomic E-state index is -0.455. The highest BCUT2D eigenvalue weighted by molar-refractivity contribution is 5.97. The van der Waals surface area contributed by atoms with Gasteiger partial charge in [0.25, 0.3) is 5.91 Å². The Kier molecular flexibility index (Phi) is 1.62. The monoisotopic (exact) mass is 177 g/mol. The fourth-order valence-corrected chi connectivity index (χ4v) is 1.21. The highest BCUT2D eigenvalue weighted by Crippen LogP contribution is 2.31. The van der Waals surface area contributed by atoms with E-state index in [0.717, 1.165) is 0 Å². The molecule has 1 atom stereocenters. The Labute approximate surface area is 75.7 Å². The van der Waals surface area contributed by atoms with Crippen molar-refractivity contribution in [3.63, 3.8) is 0 Å². The quantitative estimate of drug-likeness (QED) is 0.649. The van der Waals surface area contributed by atoms with Gasteiger partial charge in [-0.3, -0.25) is 4.79 Å². The molecule has 0 fully saturated rings. The summed E-state index contributed by atoms with van der Waals surface area (Å²) in [4.78, 5) is 11.2. The molecule has 0 aliphatic carbocycles. The second-order valence-electron chi connectivity index (χ2n) is 2.96. The largest absolute Gasteiger partial charge is 0.479 e. The molecule has 1 aromatic carbocycles. The van der Waals surface area contributed by atoms with Gasteiger partial charge in [0, 0.05) is 0 Å². The SMILES string of the molecule is CC1Oc2ccc([NH])cc2NC1=O. The van der Waals surface area contributed by atoms with Crippen molar-refractivity contribution in [2.75, 3.05) is 5.32 Å². The van der Waals surface area contributed by atoms with Gasteiger partial charge in [-0.1, -0.05) is 0 Å². The normalized spacial score (nSPS) is 20.1. The molecule has 13 heavy (non-hydrogen) atoms. The Bertz CT molecular complexity index is 363. The number of carbonyl (C=O) groups excluding carboxylic acids is 1. The fraction of sp³-hybridized carbons (Fsp3) is 0.222. The van der Waals surface area contributed by atoms with Gasteiger partial charge in [0.05, 0.1) is 11.4 Å². The van der Waals surface area contributed by atoms with E-state index in [4.69, 9.17) is 10.5 Å². The van der Waals surface area contributed by atoms with Crippen LogP contribution in [0.25, 0.3) is 0 Å². The van der Waals surface area contributed by atoms with Gasteiger partial charge in [-0.2, -0.15) is 0 Å². The van der Waals surface area contributed by atoms with E-state index in [1.54, 1.807) is 25.1 Å². The Balaban J connectivity index is 2.42. The summed E-state index contributed by atoms with van der Waals surface area (Å²) in [7, 11) is 0. The number of nitrogens with one attached hydrogen (secondary N) is 2. The number of fused-ring (bicyclic) bond motifs is 1. The molecule has 0 aromatic heterocycles. The summed E-state index contributed by atoms with van der Waals surface area (Å²) in [5.41, 5.74) is 8.28. The van der Waals surface area contributed by atoms with Crippen molar-refractivity contribution < 1.29 is 9.53 Å². The summed E-state index contributed by atoms with van der Waals surface area (Å²) < 4.78 is 5.30. The molecule has 67 valence electrons. The summed E-state index contributed by atoms with van der Waals surface area (Å²) >= 11 is 0. The van der Waals surface area contributed by atoms with E-state index < -0.39 is 6.10 Å². The Morgan fingerprint density at radius 2 is 2.31 bits per heavy atom. The smallest absolute Gasteiger partial charge is 0.265 e. The molecule has 0 saturated carbocycles. The van der Waals surface area contributed by atoms with Gasteiger partial charge in [0.2, 0.25) is 0 Å². The van der Waals surface area contributed by atoms with Crippen LogP contribution in [0.2, 0.25) is 0 Å². The lowest BCUT2D eigenvalue weighted by atomic mass is 10.2. The van der Waals surface area contributed by atoms with Crippen molar-refractivity contribution in [3.05, 3.63) is 18.2 Å². The molecule has 1 amide bonds. The molecule has 1 unspecified atom stereocenters. The number of ether oxygens (including phenoxy) is 1. The van der Waals surface area contributed by atoms with E-state index in [9.17, 15) is 4.79 Å². The molecule has 1 radical (unpaired) electrons. The molecule has 1 heterocycles. The molecule has 1 aliphatic heterocycles. The summed E-state index contributed by atoms with van der Waals surface area (Å²) in [6, 6.07) is 4.88. The highest BCUT2D eigenvalue weighted by Gasteiger charge is 2.23. The topological polar surface area (TPSA) is 62.1 Å². The number of anilines is 1. The van der Waals surface area contributed by atoms with Gasteiger partial charge >= 0.3 is 0 Å². The first-order chi connectivity index (χ1) is 6.16. The lowest BCUT2D eigenvalue weighted by Crippen LogP contribution is -2.34. The van der Waals surface area contributed by atoms with Gasteiger partial charge in [0.15, 0.2) is 6.10 Å².